The quantitative estimate of drug-likeness (QED) is 0.268. The van der Waals surface area contributed by atoms with Crippen molar-refractivity contribution in [2.24, 2.45) is 5.92 Å². The molecule has 0 N–H and O–H groups in total. The Labute approximate surface area is 194 Å². The van der Waals surface area contributed by atoms with Crippen LogP contribution in [0.1, 0.15) is 33.3 Å². The second-order valence-electron chi connectivity index (χ2n) is 6.80. The molecule has 0 bridgehead atoms. The molecule has 1 heterocycles. The molecule has 3 heteroatoms. The van der Waals surface area contributed by atoms with Crippen LogP contribution in [-0.2, 0) is 23.3 Å². The molecule has 1 unspecified atom stereocenters. The van der Waals surface area contributed by atoms with Crippen molar-refractivity contribution in [1.82, 2.24) is 4.98 Å². The number of aromatic nitrogens is 1. The number of rotatable bonds is 1. The molecule has 4 rings (SSSR count). The van der Waals surface area contributed by atoms with E-state index in [1.807, 2.05) is 18.3 Å². The van der Waals surface area contributed by atoms with Crippen molar-refractivity contribution in [2.45, 2.75) is 34.6 Å². The molecule has 3 aromatic rings. The van der Waals surface area contributed by atoms with Crippen LogP contribution in [0.5, 0.6) is 0 Å². The third kappa shape index (κ3) is 6.52. The summed E-state index contributed by atoms with van der Waals surface area (Å²) in [6.45, 7) is 13.9. The van der Waals surface area contributed by atoms with Crippen LogP contribution in [0.25, 0.3) is 22.0 Å². The van der Waals surface area contributed by atoms with Gasteiger partial charge in [-0.25, -0.2) is 5.57 Å². The monoisotopic (exact) mass is 475 g/mol. The number of nitrogens with zero attached hydrogens (tertiary/aromatic N) is 1. The Morgan fingerprint density at radius 1 is 0.966 bits per heavy atom. The van der Waals surface area contributed by atoms with E-state index in [4.69, 9.17) is 0 Å². The van der Waals surface area contributed by atoms with Crippen LogP contribution < -0.4 is 0 Å². The fourth-order valence-electron chi connectivity index (χ4n) is 3.38. The number of benzene rings is 1. The van der Waals surface area contributed by atoms with E-state index < -0.39 is 0 Å². The molecule has 1 aliphatic carbocycles. The van der Waals surface area contributed by atoms with Gasteiger partial charge in [0.25, 0.3) is 0 Å². The summed E-state index contributed by atoms with van der Waals surface area (Å²) in [5.41, 5.74) is 7.85. The summed E-state index contributed by atoms with van der Waals surface area (Å²) in [7, 11) is 0. The average molecular weight is 477 g/mol. The molecule has 0 amide bonds. The third-order valence-electron chi connectivity index (χ3n) is 5.15. The molecule has 0 saturated carbocycles. The Kier molecular flexibility index (Phi) is 12.3. The van der Waals surface area contributed by atoms with E-state index in [1.165, 1.54) is 62.0 Å². The summed E-state index contributed by atoms with van der Waals surface area (Å²) in [6, 6.07) is 16.7. The minimum absolute atomic E-state index is 0. The van der Waals surface area contributed by atoms with Gasteiger partial charge in [0.2, 0.25) is 0 Å². The maximum atomic E-state index is 4.43. The fourth-order valence-corrected chi connectivity index (χ4v) is 3.38. The van der Waals surface area contributed by atoms with E-state index in [-0.39, 0.29) is 14.9 Å². The molecular weight excluding hydrogens is 446 g/mol. The zero-order valence-corrected chi connectivity index (χ0v) is 22.2. The molecule has 1 aliphatic rings. The van der Waals surface area contributed by atoms with Crippen molar-refractivity contribution in [1.29, 1.82) is 0 Å². The van der Waals surface area contributed by atoms with E-state index >= 15 is 0 Å². The summed E-state index contributed by atoms with van der Waals surface area (Å²) in [5, 5.41) is 2.58. The molecular formula is C26H31NSiZr-4. The summed E-state index contributed by atoms with van der Waals surface area (Å²) in [5.74, 6) is 0.560. The third-order valence-corrected chi connectivity index (χ3v) is 5.15. The van der Waals surface area contributed by atoms with E-state index in [0.717, 1.165) is 5.69 Å². The second kappa shape index (κ2) is 13.0. The SMILES string of the molecule is CC1=[C-]C(C)C(C)=C1C.Cc1[cH-]c2ccccc2c1-c1ccccn1.[CH3-].[CH3-].[Si]=[Zr]. The predicted molar refractivity (Wildman–Crippen MR) is 126 cm³/mol. The van der Waals surface area contributed by atoms with Gasteiger partial charge in [-0.2, -0.15) is 11.1 Å². The topological polar surface area (TPSA) is 12.9 Å². The summed E-state index contributed by atoms with van der Waals surface area (Å²) < 4.78 is 0. The minimum atomic E-state index is 0. The first-order chi connectivity index (χ1) is 13.0. The Morgan fingerprint density at radius 2 is 1.59 bits per heavy atom. The van der Waals surface area contributed by atoms with Crippen LogP contribution in [0.3, 0.4) is 0 Å². The predicted octanol–water partition coefficient (Wildman–Crippen LogP) is 7.17. The van der Waals surface area contributed by atoms with Crippen LogP contribution in [0.15, 0.2) is 71.4 Å². The number of aryl methyl sites for hydroxylation is 1. The van der Waals surface area contributed by atoms with Crippen molar-refractivity contribution in [2.75, 3.05) is 0 Å². The number of pyridine rings is 1. The van der Waals surface area contributed by atoms with Gasteiger partial charge in [0, 0.05) is 11.9 Å². The van der Waals surface area contributed by atoms with Crippen LogP contribution in [-0.4, -0.2) is 11.9 Å². The molecule has 152 valence electrons. The van der Waals surface area contributed by atoms with Crippen molar-refractivity contribution in [3.63, 3.8) is 0 Å². The van der Waals surface area contributed by atoms with E-state index in [1.54, 1.807) is 0 Å². The molecule has 29 heavy (non-hydrogen) atoms. The van der Waals surface area contributed by atoms with E-state index in [2.05, 4.69) is 89.0 Å². The fraction of sp³-hybridized carbons (Fsp3) is 0.231. The molecule has 0 aliphatic heterocycles. The van der Waals surface area contributed by atoms with Crippen LogP contribution in [0, 0.1) is 33.8 Å². The van der Waals surface area contributed by atoms with Gasteiger partial charge < -0.3 is 14.9 Å². The van der Waals surface area contributed by atoms with Crippen LogP contribution in [0.2, 0.25) is 0 Å². The molecule has 0 spiro atoms. The van der Waals surface area contributed by atoms with E-state index in [9.17, 15) is 0 Å². The summed E-state index contributed by atoms with van der Waals surface area (Å²) in [4.78, 5) is 4.43. The van der Waals surface area contributed by atoms with Crippen LogP contribution in [0.4, 0.5) is 0 Å². The van der Waals surface area contributed by atoms with Crippen molar-refractivity contribution in [3.05, 3.63) is 97.9 Å². The van der Waals surface area contributed by atoms with Crippen molar-refractivity contribution < 1.29 is 23.3 Å². The van der Waals surface area contributed by atoms with Gasteiger partial charge >= 0.3 is 30.2 Å². The van der Waals surface area contributed by atoms with Gasteiger partial charge in [-0.3, -0.25) is 11.1 Å². The first-order valence-electron chi connectivity index (χ1n) is 9.08. The van der Waals surface area contributed by atoms with Gasteiger partial charge in [0.1, 0.15) is 0 Å². The molecule has 1 nitrogen and oxygen atoms in total. The maximum absolute atomic E-state index is 4.43. The zero-order chi connectivity index (χ0) is 20.0. The number of hydrogen-bond donors (Lipinski definition) is 0. The van der Waals surface area contributed by atoms with Gasteiger partial charge in [0.15, 0.2) is 0 Å². The molecule has 2 radical (unpaired) electrons. The molecule has 1 atom stereocenters. The molecule has 2 aromatic carbocycles. The van der Waals surface area contributed by atoms with E-state index in [0.29, 0.717) is 5.92 Å². The molecule has 0 fully saturated rings. The molecule has 0 saturated heterocycles. The zero-order valence-electron chi connectivity index (χ0n) is 18.7. The van der Waals surface area contributed by atoms with Gasteiger partial charge in [-0.15, -0.1) is 53.1 Å². The van der Waals surface area contributed by atoms with Crippen molar-refractivity contribution >= 4 is 17.7 Å². The normalized spacial score (nSPS) is 14.5. The Balaban J connectivity index is 0.000000524. The molecule has 1 aromatic heterocycles. The van der Waals surface area contributed by atoms with Crippen LogP contribution >= 0.6 is 0 Å². The first-order valence-corrected chi connectivity index (χ1v) is 13.3. The van der Waals surface area contributed by atoms with Gasteiger partial charge in [-0.1, -0.05) is 45.7 Å². The van der Waals surface area contributed by atoms with Crippen molar-refractivity contribution in [3.8, 4) is 11.3 Å². The Morgan fingerprint density at radius 3 is 2.07 bits per heavy atom. The number of hydrogen-bond acceptors (Lipinski definition) is 1. The van der Waals surface area contributed by atoms with Gasteiger partial charge in [0.05, 0.1) is 0 Å². The summed E-state index contributed by atoms with van der Waals surface area (Å²) in [6.07, 6.45) is 5.20. The second-order valence-corrected chi connectivity index (χ2v) is 6.80. The Hall–Kier alpha value is -1.44. The van der Waals surface area contributed by atoms with Gasteiger partial charge in [-0.05, 0) is 12.1 Å². The average Bonchev–Trinajstić information content (AvgIpc) is 3.15. The summed E-state index contributed by atoms with van der Waals surface area (Å²) >= 11 is 1.36. The first kappa shape index (κ1) is 27.6. The number of allylic oxidation sites excluding steroid dienone is 4. The Bertz CT molecular complexity index is 967. The standard InChI is InChI=1S/C15H12N.C9H13.2CH3.Si.Zr/c1-11-10-12-6-2-3-7-13(12)15(11)14-8-4-5-9-16-14;1-6-5-7(2)9(4)8(6)3;;;;/h2-10H,1H3;6H,1-4H3;2*1H3;;/q4*-1;;. The number of fused-ring (bicyclic) bond motifs is 1.